The molecule has 0 aliphatic carbocycles. The number of benzene rings is 2. The zero-order valence-corrected chi connectivity index (χ0v) is 15.5. The van der Waals surface area contributed by atoms with Crippen molar-refractivity contribution in [2.45, 2.75) is 25.9 Å². The number of rotatable bonds is 6. The fourth-order valence-corrected chi connectivity index (χ4v) is 2.61. The van der Waals surface area contributed by atoms with Crippen molar-refractivity contribution in [3.05, 3.63) is 62.7 Å². The number of alkyl halides is 3. The quantitative estimate of drug-likeness (QED) is 0.341. The molecular formula is C18H15ClF3NO5. The molecule has 1 atom stereocenters. The SMILES string of the molecule is CCOC(=O)C(C)c1cc(Oc2ccc(C(F)(F)F)cc2Cl)ccc1[N+](=O)[O-]. The largest absolute Gasteiger partial charge is 0.466 e. The number of nitro groups is 1. The van der Waals surface area contributed by atoms with Gasteiger partial charge in [-0.1, -0.05) is 11.6 Å². The zero-order chi connectivity index (χ0) is 21.1. The highest BCUT2D eigenvalue weighted by Crippen LogP contribution is 2.38. The summed E-state index contributed by atoms with van der Waals surface area (Å²) >= 11 is 5.85. The summed E-state index contributed by atoms with van der Waals surface area (Å²) in [6.45, 7) is 3.15. The van der Waals surface area contributed by atoms with Crippen LogP contribution in [-0.4, -0.2) is 17.5 Å². The van der Waals surface area contributed by atoms with Crippen LogP contribution in [0.4, 0.5) is 18.9 Å². The fraction of sp³-hybridized carbons (Fsp3) is 0.278. The van der Waals surface area contributed by atoms with Gasteiger partial charge in [-0.25, -0.2) is 0 Å². The molecule has 0 aliphatic heterocycles. The highest BCUT2D eigenvalue weighted by atomic mass is 35.5. The summed E-state index contributed by atoms with van der Waals surface area (Å²) in [5, 5.41) is 11.0. The first-order valence-electron chi connectivity index (χ1n) is 8.04. The summed E-state index contributed by atoms with van der Waals surface area (Å²) in [7, 11) is 0. The van der Waals surface area contributed by atoms with Crippen molar-refractivity contribution < 1.29 is 32.4 Å². The van der Waals surface area contributed by atoms with Crippen molar-refractivity contribution in [3.63, 3.8) is 0 Å². The average Bonchev–Trinajstić information content (AvgIpc) is 2.61. The van der Waals surface area contributed by atoms with E-state index in [1.54, 1.807) is 6.92 Å². The Kier molecular flexibility index (Phi) is 6.50. The van der Waals surface area contributed by atoms with Crippen LogP contribution in [0.3, 0.4) is 0 Å². The molecule has 0 saturated carbocycles. The monoisotopic (exact) mass is 417 g/mol. The molecule has 0 saturated heterocycles. The van der Waals surface area contributed by atoms with Crippen LogP contribution in [0.25, 0.3) is 0 Å². The Morgan fingerprint density at radius 3 is 2.46 bits per heavy atom. The van der Waals surface area contributed by atoms with Crippen LogP contribution < -0.4 is 4.74 Å². The fourth-order valence-electron chi connectivity index (χ4n) is 2.39. The number of nitrogens with zero attached hydrogens (tertiary/aromatic N) is 1. The number of carbonyl (C=O) groups excluding carboxylic acids is 1. The van der Waals surface area contributed by atoms with Gasteiger partial charge < -0.3 is 9.47 Å². The molecule has 0 radical (unpaired) electrons. The van der Waals surface area contributed by atoms with Crippen LogP contribution in [0.2, 0.25) is 5.02 Å². The van der Waals surface area contributed by atoms with Gasteiger partial charge in [-0.15, -0.1) is 0 Å². The van der Waals surface area contributed by atoms with Crippen molar-refractivity contribution in [2.75, 3.05) is 6.61 Å². The maximum absolute atomic E-state index is 12.7. The lowest BCUT2D eigenvalue weighted by atomic mass is 9.99. The molecule has 0 spiro atoms. The van der Waals surface area contributed by atoms with Crippen LogP contribution >= 0.6 is 11.6 Å². The Bertz CT molecular complexity index is 901. The Morgan fingerprint density at radius 1 is 1.25 bits per heavy atom. The molecule has 0 fully saturated rings. The number of nitro benzene ring substituents is 1. The van der Waals surface area contributed by atoms with Gasteiger partial charge in [0.15, 0.2) is 0 Å². The topological polar surface area (TPSA) is 78.7 Å². The molecule has 6 nitrogen and oxygen atoms in total. The molecule has 2 aromatic carbocycles. The van der Waals surface area contributed by atoms with E-state index in [0.29, 0.717) is 6.07 Å². The number of halogens is 4. The first-order valence-corrected chi connectivity index (χ1v) is 8.42. The second kappa shape index (κ2) is 8.47. The minimum Gasteiger partial charge on any atom is -0.466 e. The van der Waals surface area contributed by atoms with E-state index in [4.69, 9.17) is 21.1 Å². The van der Waals surface area contributed by atoms with Crippen molar-refractivity contribution in [1.82, 2.24) is 0 Å². The highest BCUT2D eigenvalue weighted by molar-refractivity contribution is 6.32. The van der Waals surface area contributed by atoms with E-state index < -0.39 is 28.6 Å². The third-order valence-corrected chi connectivity index (χ3v) is 4.08. The molecule has 0 bridgehead atoms. The van der Waals surface area contributed by atoms with E-state index in [1.165, 1.54) is 19.1 Å². The minimum absolute atomic E-state index is 0.0454. The number of carbonyl (C=O) groups is 1. The van der Waals surface area contributed by atoms with E-state index in [2.05, 4.69) is 0 Å². The molecule has 0 heterocycles. The van der Waals surface area contributed by atoms with E-state index in [1.807, 2.05) is 0 Å². The molecular weight excluding hydrogens is 403 g/mol. The van der Waals surface area contributed by atoms with Gasteiger partial charge in [-0.3, -0.25) is 14.9 Å². The lowest BCUT2D eigenvalue weighted by molar-refractivity contribution is -0.385. The smallest absolute Gasteiger partial charge is 0.416 e. The van der Waals surface area contributed by atoms with E-state index in [-0.39, 0.29) is 34.4 Å². The second-order valence-electron chi connectivity index (χ2n) is 5.70. The lowest BCUT2D eigenvalue weighted by Crippen LogP contribution is -2.14. The molecule has 0 aromatic heterocycles. The molecule has 28 heavy (non-hydrogen) atoms. The van der Waals surface area contributed by atoms with Crippen LogP contribution in [0.1, 0.15) is 30.9 Å². The maximum atomic E-state index is 12.7. The molecule has 10 heteroatoms. The van der Waals surface area contributed by atoms with Gasteiger partial charge in [0.2, 0.25) is 0 Å². The van der Waals surface area contributed by atoms with Crippen molar-refractivity contribution >= 4 is 23.3 Å². The Morgan fingerprint density at radius 2 is 1.93 bits per heavy atom. The van der Waals surface area contributed by atoms with Crippen molar-refractivity contribution in [1.29, 1.82) is 0 Å². The van der Waals surface area contributed by atoms with Crippen LogP contribution in [0.5, 0.6) is 11.5 Å². The van der Waals surface area contributed by atoms with E-state index in [0.717, 1.165) is 18.2 Å². The normalized spacial score (nSPS) is 12.4. The average molecular weight is 418 g/mol. The lowest BCUT2D eigenvalue weighted by Gasteiger charge is -2.14. The Balaban J connectivity index is 2.38. The van der Waals surface area contributed by atoms with Gasteiger partial charge >= 0.3 is 12.1 Å². The predicted octanol–water partition coefficient (Wildman–Crippen LogP) is 5.73. The van der Waals surface area contributed by atoms with Crippen LogP contribution in [-0.2, 0) is 15.7 Å². The summed E-state index contributed by atoms with van der Waals surface area (Å²) in [6, 6.07) is 6.21. The van der Waals surface area contributed by atoms with E-state index >= 15 is 0 Å². The molecule has 1 unspecified atom stereocenters. The highest BCUT2D eigenvalue weighted by Gasteiger charge is 2.31. The predicted molar refractivity (Wildman–Crippen MR) is 94.7 cm³/mol. The maximum Gasteiger partial charge on any atom is 0.416 e. The van der Waals surface area contributed by atoms with Crippen molar-refractivity contribution in [3.8, 4) is 11.5 Å². The molecule has 0 amide bonds. The van der Waals surface area contributed by atoms with E-state index in [9.17, 15) is 28.1 Å². The second-order valence-corrected chi connectivity index (χ2v) is 6.10. The number of hydrogen-bond donors (Lipinski definition) is 0. The first-order chi connectivity index (χ1) is 13.0. The van der Waals surface area contributed by atoms with Gasteiger partial charge in [-0.05, 0) is 44.2 Å². The number of ether oxygens (including phenoxy) is 2. The summed E-state index contributed by atoms with van der Waals surface area (Å²) in [5.74, 6) is -1.61. The zero-order valence-electron chi connectivity index (χ0n) is 14.7. The van der Waals surface area contributed by atoms with Crippen molar-refractivity contribution in [2.24, 2.45) is 0 Å². The van der Waals surface area contributed by atoms with Crippen LogP contribution in [0.15, 0.2) is 36.4 Å². The molecule has 0 aliphatic rings. The molecule has 2 aromatic rings. The number of esters is 1. The third kappa shape index (κ3) is 4.92. The van der Waals surface area contributed by atoms with Crippen LogP contribution in [0, 0.1) is 10.1 Å². The number of hydrogen-bond acceptors (Lipinski definition) is 5. The van der Waals surface area contributed by atoms with Gasteiger partial charge in [0.25, 0.3) is 5.69 Å². The molecule has 2 rings (SSSR count). The first kappa shape index (κ1) is 21.5. The standard InChI is InChI=1S/C18H15ClF3NO5/c1-3-27-17(24)10(2)13-9-12(5-6-15(13)23(25)26)28-16-7-4-11(8-14(16)19)18(20,21)22/h4-10H,3H2,1-2H3. The van der Waals surface area contributed by atoms with Gasteiger partial charge in [0.1, 0.15) is 11.5 Å². The summed E-state index contributed by atoms with van der Waals surface area (Å²) in [6.07, 6.45) is -4.56. The molecule has 0 N–H and O–H groups in total. The summed E-state index contributed by atoms with van der Waals surface area (Å²) in [5.41, 5.74) is -1.21. The summed E-state index contributed by atoms with van der Waals surface area (Å²) in [4.78, 5) is 22.6. The van der Waals surface area contributed by atoms with Gasteiger partial charge in [0.05, 0.1) is 28.0 Å². The molecule has 150 valence electrons. The van der Waals surface area contributed by atoms with Gasteiger partial charge in [0, 0.05) is 11.6 Å². The third-order valence-electron chi connectivity index (χ3n) is 3.79. The summed E-state index contributed by atoms with van der Waals surface area (Å²) < 4.78 is 48.5. The Labute approximate surface area is 163 Å². The van der Waals surface area contributed by atoms with Gasteiger partial charge in [-0.2, -0.15) is 13.2 Å². The Hall–Kier alpha value is -2.81. The minimum atomic E-state index is -4.56.